The van der Waals surface area contributed by atoms with Gasteiger partial charge in [0.25, 0.3) is 0 Å². The zero-order valence-electron chi connectivity index (χ0n) is 17.0. The number of halogens is 2. The molecule has 8 nitrogen and oxygen atoms in total. The number of carbonyl (C=O) groups is 2. The van der Waals surface area contributed by atoms with Crippen LogP contribution in [0.2, 0.25) is 0 Å². The second kappa shape index (κ2) is 10.2. The van der Waals surface area contributed by atoms with E-state index in [1.807, 2.05) is 11.5 Å². The molecule has 0 saturated carbocycles. The topological polar surface area (TPSA) is 93.3 Å². The molecule has 0 aliphatic heterocycles. The second-order valence-corrected chi connectivity index (χ2v) is 7.31. The maximum atomic E-state index is 13.7. The molecule has 0 saturated heterocycles. The molecule has 0 aliphatic rings. The fraction of sp³-hybridized carbons (Fsp3) is 0.300. The first kappa shape index (κ1) is 22.5. The summed E-state index contributed by atoms with van der Waals surface area (Å²) in [4.78, 5) is 26.1. The number of thioether (sulfide) groups is 1. The van der Waals surface area contributed by atoms with Gasteiger partial charge < -0.3 is 14.6 Å². The summed E-state index contributed by atoms with van der Waals surface area (Å²) in [7, 11) is 0. The summed E-state index contributed by atoms with van der Waals surface area (Å²) in [6.45, 7) is 4.13. The highest BCUT2D eigenvalue weighted by Crippen LogP contribution is 2.24. The van der Waals surface area contributed by atoms with Crippen LogP contribution in [0.5, 0.6) is 0 Å². The van der Waals surface area contributed by atoms with Gasteiger partial charge in [-0.05, 0) is 38.1 Å². The Labute approximate surface area is 181 Å². The van der Waals surface area contributed by atoms with Gasteiger partial charge in [-0.1, -0.05) is 17.8 Å². The maximum absolute atomic E-state index is 13.7. The van der Waals surface area contributed by atoms with Crippen LogP contribution in [0, 0.1) is 11.6 Å². The number of furan rings is 1. The lowest BCUT2D eigenvalue weighted by Gasteiger charge is -2.20. The molecule has 2 heterocycles. The van der Waals surface area contributed by atoms with E-state index in [2.05, 4.69) is 15.5 Å². The number of likely N-dealkylation sites (N-methyl/N-ethyl adjacent to an activating group) is 1. The quantitative estimate of drug-likeness (QED) is 0.503. The lowest BCUT2D eigenvalue weighted by atomic mass is 10.3. The highest BCUT2D eigenvalue weighted by atomic mass is 32.2. The first-order valence-electron chi connectivity index (χ1n) is 9.56. The number of amides is 2. The summed E-state index contributed by atoms with van der Waals surface area (Å²) in [6, 6.07) is 6.80. The van der Waals surface area contributed by atoms with Crippen molar-refractivity contribution in [1.29, 1.82) is 0 Å². The molecule has 0 unspecified atom stereocenters. The third kappa shape index (κ3) is 5.29. The van der Waals surface area contributed by atoms with Gasteiger partial charge in [0.05, 0.1) is 18.6 Å². The summed E-state index contributed by atoms with van der Waals surface area (Å²) >= 11 is 1.18. The molecule has 3 aromatic rings. The molecule has 2 amide bonds. The largest absolute Gasteiger partial charge is 0.461 e. The fourth-order valence-corrected chi connectivity index (χ4v) is 3.74. The normalized spacial score (nSPS) is 10.8. The van der Waals surface area contributed by atoms with Crippen LogP contribution in [-0.2, 0) is 16.1 Å². The third-order valence-electron chi connectivity index (χ3n) is 4.40. The molecule has 1 aromatic carbocycles. The molecule has 11 heteroatoms. The SMILES string of the molecule is CCN(CC(=O)Nc1c(F)cccc1F)C(=O)CSc1nnc(-c2ccco2)n1CC. The van der Waals surface area contributed by atoms with Gasteiger partial charge in [-0.25, -0.2) is 8.78 Å². The average Bonchev–Trinajstić information content (AvgIpc) is 3.42. The molecule has 3 rings (SSSR count). The second-order valence-electron chi connectivity index (χ2n) is 6.37. The van der Waals surface area contributed by atoms with E-state index in [1.54, 1.807) is 19.1 Å². The van der Waals surface area contributed by atoms with Crippen molar-refractivity contribution in [2.45, 2.75) is 25.5 Å². The van der Waals surface area contributed by atoms with Crippen LogP contribution in [0.15, 0.2) is 46.2 Å². The minimum absolute atomic E-state index is 0.0193. The Balaban J connectivity index is 1.61. The van der Waals surface area contributed by atoms with Gasteiger partial charge in [0.1, 0.15) is 17.3 Å². The predicted octanol–water partition coefficient (Wildman–Crippen LogP) is 3.42. The van der Waals surface area contributed by atoms with Crippen LogP contribution >= 0.6 is 11.8 Å². The van der Waals surface area contributed by atoms with E-state index in [9.17, 15) is 18.4 Å². The van der Waals surface area contributed by atoms with Crippen molar-refractivity contribution in [3.8, 4) is 11.6 Å². The van der Waals surface area contributed by atoms with E-state index in [4.69, 9.17) is 4.42 Å². The zero-order chi connectivity index (χ0) is 22.4. The Morgan fingerprint density at radius 3 is 2.52 bits per heavy atom. The van der Waals surface area contributed by atoms with Crippen molar-refractivity contribution in [1.82, 2.24) is 19.7 Å². The zero-order valence-corrected chi connectivity index (χ0v) is 17.8. The molecule has 0 aliphatic carbocycles. The number of para-hydroxylation sites is 1. The van der Waals surface area contributed by atoms with Gasteiger partial charge in [0.2, 0.25) is 11.8 Å². The number of hydrogen-bond acceptors (Lipinski definition) is 6. The maximum Gasteiger partial charge on any atom is 0.244 e. The van der Waals surface area contributed by atoms with Crippen molar-refractivity contribution in [3.05, 3.63) is 48.2 Å². The van der Waals surface area contributed by atoms with E-state index < -0.39 is 23.2 Å². The van der Waals surface area contributed by atoms with Crippen LogP contribution in [0.3, 0.4) is 0 Å². The standard InChI is InChI=1S/C20H21F2N5O3S/c1-3-26(11-16(28)23-18-13(21)7-5-8-14(18)22)17(29)12-31-20-25-24-19(27(20)4-2)15-9-6-10-30-15/h5-10H,3-4,11-12H2,1-2H3,(H,23,28). The predicted molar refractivity (Wildman–Crippen MR) is 111 cm³/mol. The Morgan fingerprint density at radius 1 is 1.16 bits per heavy atom. The molecule has 0 fully saturated rings. The number of carbonyl (C=O) groups excluding carboxylic acids is 2. The molecule has 0 spiro atoms. The summed E-state index contributed by atoms with van der Waals surface area (Å²) in [5.74, 6) is -1.64. The number of rotatable bonds is 9. The van der Waals surface area contributed by atoms with E-state index >= 15 is 0 Å². The van der Waals surface area contributed by atoms with Gasteiger partial charge in [0.15, 0.2) is 16.7 Å². The van der Waals surface area contributed by atoms with Gasteiger partial charge in [0, 0.05) is 13.1 Å². The number of hydrogen-bond donors (Lipinski definition) is 1. The number of aromatic nitrogens is 3. The van der Waals surface area contributed by atoms with Crippen molar-refractivity contribution in [2.24, 2.45) is 0 Å². The molecule has 164 valence electrons. The van der Waals surface area contributed by atoms with Gasteiger partial charge in [-0.2, -0.15) is 0 Å². The molecular weight excluding hydrogens is 428 g/mol. The Morgan fingerprint density at radius 2 is 1.90 bits per heavy atom. The summed E-state index contributed by atoms with van der Waals surface area (Å²) in [5.41, 5.74) is -0.535. The van der Waals surface area contributed by atoms with Crippen molar-refractivity contribution in [2.75, 3.05) is 24.2 Å². The van der Waals surface area contributed by atoms with Gasteiger partial charge in [-0.15, -0.1) is 10.2 Å². The highest BCUT2D eigenvalue weighted by molar-refractivity contribution is 7.99. The molecule has 0 atom stereocenters. The van der Waals surface area contributed by atoms with Gasteiger partial charge >= 0.3 is 0 Å². The van der Waals surface area contributed by atoms with E-state index in [0.29, 0.717) is 23.3 Å². The van der Waals surface area contributed by atoms with E-state index in [1.165, 1.54) is 29.0 Å². The molecule has 31 heavy (non-hydrogen) atoms. The fourth-order valence-electron chi connectivity index (χ4n) is 2.83. The Hall–Kier alpha value is -3.21. The minimum atomic E-state index is -0.885. The van der Waals surface area contributed by atoms with Crippen molar-refractivity contribution < 1.29 is 22.8 Å². The molecule has 0 bridgehead atoms. The number of anilines is 1. The lowest BCUT2D eigenvalue weighted by Crippen LogP contribution is -2.39. The molecule has 0 radical (unpaired) electrons. The summed E-state index contributed by atoms with van der Waals surface area (Å²) in [5, 5.41) is 11.0. The number of benzene rings is 1. The van der Waals surface area contributed by atoms with E-state index in [0.717, 1.165) is 12.1 Å². The van der Waals surface area contributed by atoms with Gasteiger partial charge in [-0.3, -0.25) is 14.2 Å². The van der Waals surface area contributed by atoms with Crippen LogP contribution in [0.4, 0.5) is 14.5 Å². The third-order valence-corrected chi connectivity index (χ3v) is 5.35. The van der Waals surface area contributed by atoms with Crippen LogP contribution < -0.4 is 5.32 Å². The van der Waals surface area contributed by atoms with Crippen LogP contribution in [-0.4, -0.2) is 50.3 Å². The van der Waals surface area contributed by atoms with Crippen molar-refractivity contribution >= 4 is 29.3 Å². The monoisotopic (exact) mass is 449 g/mol. The lowest BCUT2D eigenvalue weighted by molar-refractivity contribution is -0.132. The van der Waals surface area contributed by atoms with Crippen LogP contribution in [0.25, 0.3) is 11.6 Å². The first-order chi connectivity index (χ1) is 14.9. The van der Waals surface area contributed by atoms with Crippen LogP contribution in [0.1, 0.15) is 13.8 Å². The minimum Gasteiger partial charge on any atom is -0.461 e. The highest BCUT2D eigenvalue weighted by Gasteiger charge is 2.20. The Kier molecular flexibility index (Phi) is 7.40. The van der Waals surface area contributed by atoms with E-state index in [-0.39, 0.29) is 24.7 Å². The molecule has 2 aromatic heterocycles. The smallest absolute Gasteiger partial charge is 0.244 e. The Bertz CT molecular complexity index is 1040. The number of nitrogens with zero attached hydrogens (tertiary/aromatic N) is 4. The summed E-state index contributed by atoms with van der Waals surface area (Å²) < 4.78 is 34.6. The van der Waals surface area contributed by atoms with Crippen molar-refractivity contribution in [3.63, 3.8) is 0 Å². The number of nitrogens with one attached hydrogen (secondary N) is 1. The molecular formula is C20H21F2N5O3S. The summed E-state index contributed by atoms with van der Waals surface area (Å²) in [6.07, 6.45) is 1.54. The molecule has 1 N–H and O–H groups in total. The average molecular weight is 449 g/mol. The first-order valence-corrected chi connectivity index (χ1v) is 10.5.